The molecule has 0 aliphatic carbocycles. The number of hydrogen-bond donors (Lipinski definition) is 1. The van der Waals surface area contributed by atoms with E-state index < -0.39 is 0 Å². The molecule has 19 heavy (non-hydrogen) atoms. The third-order valence-electron chi connectivity index (χ3n) is 3.53. The fourth-order valence-electron chi connectivity index (χ4n) is 1.60. The molecular weight excluding hydrogens is 242 g/mol. The van der Waals surface area contributed by atoms with Crippen molar-refractivity contribution >= 4 is 5.91 Å². The normalized spacial score (nSPS) is 12.3. The van der Waals surface area contributed by atoms with Crippen LogP contribution in [0.3, 0.4) is 0 Å². The van der Waals surface area contributed by atoms with E-state index in [1.165, 1.54) is 0 Å². The van der Waals surface area contributed by atoms with E-state index in [2.05, 4.69) is 29.2 Å². The number of aryl methyl sites for hydroxylation is 1. The van der Waals surface area contributed by atoms with Gasteiger partial charge in [-0.15, -0.1) is 0 Å². The van der Waals surface area contributed by atoms with Crippen LogP contribution in [0.2, 0.25) is 0 Å². The summed E-state index contributed by atoms with van der Waals surface area (Å²) in [7, 11) is 3.99. The SMILES string of the molecule is Cc1noc(C(C)C)c1C(=O)NCC(C)(C)N(C)C. The van der Waals surface area contributed by atoms with Crippen LogP contribution in [0, 0.1) is 6.92 Å². The molecule has 1 heterocycles. The fraction of sp³-hybridized carbons (Fsp3) is 0.714. The first kappa shape index (κ1) is 15.7. The number of amides is 1. The minimum atomic E-state index is -0.114. The van der Waals surface area contributed by atoms with Crippen molar-refractivity contribution in [3.05, 3.63) is 17.0 Å². The maximum absolute atomic E-state index is 12.3. The quantitative estimate of drug-likeness (QED) is 0.888. The first-order valence-electron chi connectivity index (χ1n) is 6.58. The third-order valence-corrected chi connectivity index (χ3v) is 3.53. The van der Waals surface area contributed by atoms with Crippen LogP contribution >= 0.6 is 0 Å². The monoisotopic (exact) mass is 267 g/mol. The molecule has 5 heteroatoms. The van der Waals surface area contributed by atoms with E-state index in [-0.39, 0.29) is 17.4 Å². The first-order valence-corrected chi connectivity index (χ1v) is 6.58. The highest BCUT2D eigenvalue weighted by molar-refractivity contribution is 5.96. The Kier molecular flexibility index (Phi) is 4.74. The van der Waals surface area contributed by atoms with Crippen molar-refractivity contribution in [3.8, 4) is 0 Å². The highest BCUT2D eigenvalue weighted by Gasteiger charge is 2.25. The summed E-state index contributed by atoms with van der Waals surface area (Å²) in [5.41, 5.74) is 1.12. The van der Waals surface area contributed by atoms with Gasteiger partial charge in [0.05, 0.1) is 5.69 Å². The van der Waals surface area contributed by atoms with E-state index in [4.69, 9.17) is 4.52 Å². The Morgan fingerprint density at radius 1 is 1.42 bits per heavy atom. The minimum absolute atomic E-state index is 0.0985. The molecule has 0 fully saturated rings. The maximum Gasteiger partial charge on any atom is 0.256 e. The van der Waals surface area contributed by atoms with E-state index in [1.807, 2.05) is 27.9 Å². The zero-order valence-electron chi connectivity index (χ0n) is 13.0. The number of aromatic nitrogens is 1. The average Bonchev–Trinajstić information content (AvgIpc) is 2.68. The van der Waals surface area contributed by atoms with Crippen LogP contribution in [0.5, 0.6) is 0 Å². The number of likely N-dealkylation sites (N-methyl/N-ethyl adjacent to an activating group) is 1. The zero-order valence-corrected chi connectivity index (χ0v) is 13.0. The maximum atomic E-state index is 12.3. The topological polar surface area (TPSA) is 58.4 Å². The second-order valence-electron chi connectivity index (χ2n) is 6.05. The standard InChI is InChI=1S/C14H25N3O2/c1-9(2)12-11(10(3)16-19-12)13(18)15-8-14(4,5)17(6)7/h9H,8H2,1-7H3,(H,15,18). The molecular formula is C14H25N3O2. The van der Waals surface area contributed by atoms with Gasteiger partial charge in [-0.1, -0.05) is 19.0 Å². The van der Waals surface area contributed by atoms with Crippen molar-refractivity contribution in [3.63, 3.8) is 0 Å². The molecule has 1 N–H and O–H groups in total. The third kappa shape index (κ3) is 3.56. The Bertz CT molecular complexity index is 448. The molecule has 1 rings (SSSR count). The second-order valence-corrected chi connectivity index (χ2v) is 6.05. The van der Waals surface area contributed by atoms with Gasteiger partial charge in [-0.3, -0.25) is 4.79 Å². The molecule has 1 amide bonds. The van der Waals surface area contributed by atoms with Gasteiger partial charge in [-0.2, -0.15) is 0 Å². The molecule has 0 spiro atoms. The highest BCUT2D eigenvalue weighted by atomic mass is 16.5. The Balaban J connectivity index is 2.82. The Morgan fingerprint density at radius 2 is 2.00 bits per heavy atom. The molecule has 1 aromatic rings. The van der Waals surface area contributed by atoms with Gasteiger partial charge in [0.25, 0.3) is 5.91 Å². The van der Waals surface area contributed by atoms with E-state index in [0.29, 0.717) is 23.6 Å². The summed E-state index contributed by atoms with van der Waals surface area (Å²) in [4.78, 5) is 14.4. The van der Waals surface area contributed by atoms with Gasteiger partial charge in [-0.05, 0) is 34.9 Å². The van der Waals surface area contributed by atoms with Crippen LogP contribution < -0.4 is 5.32 Å². The summed E-state index contributed by atoms with van der Waals surface area (Å²) >= 11 is 0. The molecule has 0 atom stereocenters. The molecule has 0 unspecified atom stereocenters. The van der Waals surface area contributed by atoms with Crippen LogP contribution in [0.15, 0.2) is 4.52 Å². The molecule has 0 bridgehead atoms. The predicted molar refractivity (Wildman–Crippen MR) is 75.4 cm³/mol. The largest absolute Gasteiger partial charge is 0.360 e. The van der Waals surface area contributed by atoms with Gasteiger partial charge in [-0.25, -0.2) is 0 Å². The molecule has 0 aromatic carbocycles. The fourth-order valence-corrected chi connectivity index (χ4v) is 1.60. The zero-order chi connectivity index (χ0) is 14.8. The van der Waals surface area contributed by atoms with Crippen molar-refractivity contribution in [1.82, 2.24) is 15.4 Å². The van der Waals surface area contributed by atoms with Gasteiger partial charge in [0.15, 0.2) is 5.76 Å². The Hall–Kier alpha value is -1.36. The Labute approximate surface area is 115 Å². The van der Waals surface area contributed by atoms with Crippen LogP contribution in [-0.2, 0) is 0 Å². The lowest BCUT2D eigenvalue weighted by molar-refractivity contribution is 0.0916. The summed E-state index contributed by atoms with van der Waals surface area (Å²) in [6.07, 6.45) is 0. The molecule has 0 aliphatic heterocycles. The predicted octanol–water partition coefficient (Wildman–Crippen LogP) is 2.18. The molecule has 0 aliphatic rings. The van der Waals surface area contributed by atoms with Crippen LogP contribution in [-0.4, -0.2) is 42.1 Å². The van der Waals surface area contributed by atoms with Gasteiger partial charge in [0, 0.05) is 18.0 Å². The van der Waals surface area contributed by atoms with E-state index in [1.54, 1.807) is 6.92 Å². The number of carbonyl (C=O) groups excluding carboxylic acids is 1. The molecule has 0 radical (unpaired) electrons. The van der Waals surface area contributed by atoms with E-state index in [9.17, 15) is 4.79 Å². The van der Waals surface area contributed by atoms with Crippen molar-refractivity contribution in [1.29, 1.82) is 0 Å². The second kappa shape index (κ2) is 5.74. The summed E-state index contributed by atoms with van der Waals surface area (Å²) in [6.45, 7) is 10.5. The number of nitrogens with one attached hydrogen (secondary N) is 1. The van der Waals surface area contributed by atoms with Crippen LogP contribution in [0.25, 0.3) is 0 Å². The lowest BCUT2D eigenvalue weighted by Gasteiger charge is -2.32. The van der Waals surface area contributed by atoms with Crippen molar-refractivity contribution in [2.45, 2.75) is 46.1 Å². The van der Waals surface area contributed by atoms with Crippen LogP contribution in [0.1, 0.15) is 55.4 Å². The lowest BCUT2D eigenvalue weighted by atomic mass is 10.0. The van der Waals surface area contributed by atoms with Gasteiger partial charge < -0.3 is 14.7 Å². The lowest BCUT2D eigenvalue weighted by Crippen LogP contribution is -2.48. The minimum Gasteiger partial charge on any atom is -0.360 e. The van der Waals surface area contributed by atoms with E-state index in [0.717, 1.165) is 0 Å². The first-order chi connectivity index (χ1) is 8.66. The van der Waals surface area contributed by atoms with Crippen molar-refractivity contribution < 1.29 is 9.32 Å². The van der Waals surface area contributed by atoms with Crippen LogP contribution in [0.4, 0.5) is 0 Å². The highest BCUT2D eigenvalue weighted by Crippen LogP contribution is 2.22. The van der Waals surface area contributed by atoms with Gasteiger partial charge in [0.1, 0.15) is 5.56 Å². The summed E-state index contributed by atoms with van der Waals surface area (Å²) < 4.78 is 5.24. The molecule has 0 saturated carbocycles. The smallest absolute Gasteiger partial charge is 0.256 e. The molecule has 5 nitrogen and oxygen atoms in total. The van der Waals surface area contributed by atoms with Gasteiger partial charge >= 0.3 is 0 Å². The summed E-state index contributed by atoms with van der Waals surface area (Å²) in [5, 5.41) is 6.85. The number of rotatable bonds is 5. The number of carbonyl (C=O) groups is 1. The summed E-state index contributed by atoms with van der Waals surface area (Å²) in [5.74, 6) is 0.679. The molecule has 1 aromatic heterocycles. The van der Waals surface area contributed by atoms with Gasteiger partial charge in [0.2, 0.25) is 0 Å². The molecule has 0 saturated heterocycles. The Morgan fingerprint density at radius 3 is 2.47 bits per heavy atom. The average molecular weight is 267 g/mol. The number of nitrogens with zero attached hydrogens (tertiary/aromatic N) is 2. The summed E-state index contributed by atoms with van der Waals surface area (Å²) in [6, 6.07) is 0. The molecule has 108 valence electrons. The van der Waals surface area contributed by atoms with Crippen molar-refractivity contribution in [2.75, 3.05) is 20.6 Å². The van der Waals surface area contributed by atoms with Crippen molar-refractivity contribution in [2.24, 2.45) is 0 Å². The number of hydrogen-bond acceptors (Lipinski definition) is 4. The van der Waals surface area contributed by atoms with E-state index >= 15 is 0 Å².